The fourth-order valence-electron chi connectivity index (χ4n) is 10.7. The van der Waals surface area contributed by atoms with Gasteiger partial charge in [-0.2, -0.15) is 8.78 Å². The van der Waals surface area contributed by atoms with Crippen LogP contribution in [0.1, 0.15) is 116 Å². The van der Waals surface area contributed by atoms with Crippen molar-refractivity contribution in [1.29, 1.82) is 0 Å². The molecule has 0 unspecified atom stereocenters. The Kier molecular flexibility index (Phi) is 31.4. The molecule has 0 saturated heterocycles. The Balaban J connectivity index is 0.000000151. The summed E-state index contributed by atoms with van der Waals surface area (Å²) < 4.78 is 122. The third kappa shape index (κ3) is 28.9. The van der Waals surface area contributed by atoms with E-state index in [1.807, 2.05) is 19.1 Å². The maximum atomic E-state index is 13.8. The zero-order chi connectivity index (χ0) is 88.1. The Labute approximate surface area is 715 Å². The van der Waals surface area contributed by atoms with Gasteiger partial charge >= 0.3 is 0 Å². The zero-order valence-electron chi connectivity index (χ0n) is 65.4. The van der Waals surface area contributed by atoms with Gasteiger partial charge in [-0.3, -0.25) is 48.9 Å². The molecule has 0 bridgehead atoms. The fourth-order valence-corrected chi connectivity index (χ4v) is 12.1. The van der Waals surface area contributed by atoms with Crippen LogP contribution >= 0.6 is 34.5 Å². The number of nitrogens with zero attached hydrogens (tertiary/aromatic N) is 16. The first kappa shape index (κ1) is 89.9. The van der Waals surface area contributed by atoms with E-state index in [9.17, 15) is 54.7 Å². The van der Waals surface area contributed by atoms with Gasteiger partial charge in [-0.1, -0.05) is 35.3 Å². The highest BCUT2D eigenvalue weighted by molar-refractivity contribution is 7.09. The molecule has 26 nitrogen and oxygen atoms in total. The van der Waals surface area contributed by atoms with Crippen LogP contribution in [0, 0.1) is 31.3 Å². The van der Waals surface area contributed by atoms with Gasteiger partial charge in [0, 0.05) is 129 Å². The summed E-state index contributed by atoms with van der Waals surface area (Å²) in [7, 11) is 0. The topological polar surface area (TPSA) is 338 Å². The van der Waals surface area contributed by atoms with E-state index in [-0.39, 0.29) is 117 Å². The SMILES string of the molecule is CC(F)(F)c1ccnc(CC(=O)c2cc(Cl)cc(Oc3cncnc3)c2)c1.CC(F)(F)c1csc(CC(=O)c2cc(F)cc(Oc3cncnc3)c2)n1.Cc1ccc(CC(=O)c2cc(F)cc(Oc3cncnc3)c2)nc1.Cc1cncc(CC(=O)c2cc(F)cc(Oc3cncnc3)c2)n1.O=C(Cc1ccccn1)c1cc(Cl)cc(Oc2cncnc2)c1. The molecule has 0 aliphatic rings. The van der Waals surface area contributed by atoms with Crippen LogP contribution in [0.15, 0.2) is 263 Å². The van der Waals surface area contributed by atoms with Crippen LogP contribution in [0.3, 0.4) is 0 Å². The normalized spacial score (nSPS) is 10.8. The van der Waals surface area contributed by atoms with Crippen LogP contribution in [-0.4, -0.2) is 109 Å². The number of Topliss-reactive ketones (excluding diaryl/α,β-unsaturated/α-hetero) is 5. The molecule has 15 aromatic rings. The molecule has 5 aromatic carbocycles. The molecule has 0 aliphatic carbocycles. The first-order chi connectivity index (χ1) is 59.5. The number of ether oxygens (including phenoxy) is 5. The van der Waals surface area contributed by atoms with Gasteiger partial charge in [-0.15, -0.1) is 11.3 Å². The average Bonchev–Trinajstić information content (AvgIpc) is 1.42. The highest BCUT2D eigenvalue weighted by atomic mass is 35.5. The van der Waals surface area contributed by atoms with Crippen molar-refractivity contribution in [2.45, 2.75) is 71.6 Å². The van der Waals surface area contributed by atoms with Crippen LogP contribution in [0.25, 0.3) is 0 Å². The molecule has 124 heavy (non-hydrogen) atoms. The number of benzene rings is 5. The van der Waals surface area contributed by atoms with Gasteiger partial charge in [0.15, 0.2) is 57.7 Å². The van der Waals surface area contributed by atoms with Crippen LogP contribution in [0.5, 0.6) is 57.5 Å². The minimum atomic E-state index is -3.07. The summed E-state index contributed by atoms with van der Waals surface area (Å²) in [5.41, 5.74) is 4.49. The van der Waals surface area contributed by atoms with Gasteiger partial charge < -0.3 is 23.7 Å². The van der Waals surface area contributed by atoms with Crippen molar-refractivity contribution in [2.75, 3.05) is 0 Å². The van der Waals surface area contributed by atoms with E-state index in [1.54, 1.807) is 68.0 Å². The van der Waals surface area contributed by atoms with E-state index >= 15 is 0 Å². The molecule has 0 N–H and O–H groups in total. The summed E-state index contributed by atoms with van der Waals surface area (Å²) in [5, 5.41) is 2.16. The number of hydrogen-bond acceptors (Lipinski definition) is 27. The number of halogens is 9. The Hall–Kier alpha value is -14.9. The van der Waals surface area contributed by atoms with Crippen LogP contribution in [-0.2, 0) is 43.9 Å². The van der Waals surface area contributed by atoms with Crippen molar-refractivity contribution in [3.63, 3.8) is 0 Å². The number of aromatic nitrogens is 16. The minimum Gasteiger partial charge on any atom is -0.454 e. The average molecular weight is 1740 g/mol. The number of ketones is 5. The number of alkyl halides is 4. The first-order valence-electron chi connectivity index (χ1n) is 36.6. The van der Waals surface area contributed by atoms with Crippen molar-refractivity contribution in [3.05, 3.63) is 369 Å². The van der Waals surface area contributed by atoms with Crippen molar-refractivity contribution in [3.8, 4) is 57.5 Å². The predicted molar refractivity (Wildman–Crippen MR) is 438 cm³/mol. The third-order valence-corrected chi connectivity index (χ3v) is 17.6. The van der Waals surface area contributed by atoms with E-state index in [0.717, 1.165) is 42.9 Å². The van der Waals surface area contributed by atoms with Gasteiger partial charge in [0.2, 0.25) is 0 Å². The number of pyridine rings is 3. The van der Waals surface area contributed by atoms with E-state index < -0.39 is 40.8 Å². The number of hydrogen-bond donors (Lipinski definition) is 0. The molecular formula is C88H65Cl2F7N16O10S. The van der Waals surface area contributed by atoms with Gasteiger partial charge in [0.05, 0.1) is 105 Å². The lowest BCUT2D eigenvalue weighted by molar-refractivity contribution is 0.0131. The quantitative estimate of drug-likeness (QED) is 0.0341. The third-order valence-electron chi connectivity index (χ3n) is 16.3. The molecule has 10 heterocycles. The zero-order valence-corrected chi connectivity index (χ0v) is 67.7. The summed E-state index contributed by atoms with van der Waals surface area (Å²) in [5.74, 6) is -6.08. The summed E-state index contributed by atoms with van der Waals surface area (Å²) in [4.78, 5) is 125. The van der Waals surface area contributed by atoms with Crippen LogP contribution in [0.4, 0.5) is 30.7 Å². The predicted octanol–water partition coefficient (Wildman–Crippen LogP) is 19.5. The summed E-state index contributed by atoms with van der Waals surface area (Å²) in [6, 6.07) is 32.2. The lowest BCUT2D eigenvalue weighted by Gasteiger charge is -2.11. The molecule has 10 aromatic heterocycles. The van der Waals surface area contributed by atoms with E-state index in [0.29, 0.717) is 72.9 Å². The van der Waals surface area contributed by atoms with E-state index in [4.69, 9.17) is 46.9 Å². The lowest BCUT2D eigenvalue weighted by Crippen LogP contribution is -2.10. The number of thiazole rings is 1. The largest absolute Gasteiger partial charge is 0.454 e. The highest BCUT2D eigenvalue weighted by Gasteiger charge is 2.29. The van der Waals surface area contributed by atoms with Gasteiger partial charge in [-0.05, 0) is 123 Å². The molecule has 0 fully saturated rings. The first-order valence-corrected chi connectivity index (χ1v) is 38.2. The molecule has 626 valence electrons. The Morgan fingerprint density at radius 2 is 0.718 bits per heavy atom. The van der Waals surface area contributed by atoms with Gasteiger partial charge in [0.25, 0.3) is 11.8 Å². The number of carbonyl (C=O) groups excluding carboxylic acids is 5. The van der Waals surface area contributed by atoms with Crippen LogP contribution < -0.4 is 23.7 Å². The monoisotopic (exact) mass is 1740 g/mol. The van der Waals surface area contributed by atoms with E-state index in [1.165, 1.54) is 178 Å². The van der Waals surface area contributed by atoms with Gasteiger partial charge in [-0.25, -0.2) is 76.8 Å². The Bertz CT molecular complexity index is 6160. The van der Waals surface area contributed by atoms with Crippen LogP contribution in [0.2, 0.25) is 10.0 Å². The molecule has 0 atom stereocenters. The second-order valence-corrected chi connectivity index (χ2v) is 28.3. The van der Waals surface area contributed by atoms with Crippen molar-refractivity contribution >= 4 is 63.5 Å². The summed E-state index contributed by atoms with van der Waals surface area (Å²) in [6.07, 6.45) is 29.1. The second kappa shape index (κ2) is 43.4. The van der Waals surface area contributed by atoms with Crippen molar-refractivity contribution < 1.29 is 78.4 Å². The summed E-state index contributed by atoms with van der Waals surface area (Å²) in [6.45, 7) is 5.23. The fraction of sp³-hybridized carbons (Fsp3) is 0.125. The lowest BCUT2D eigenvalue weighted by atomic mass is 10.0. The molecule has 15 rings (SSSR count). The second-order valence-electron chi connectivity index (χ2n) is 26.5. The number of rotatable bonds is 27. The molecule has 36 heteroatoms. The Morgan fingerprint density at radius 1 is 0.347 bits per heavy atom. The molecule has 0 amide bonds. The maximum Gasteiger partial charge on any atom is 0.287 e. The smallest absolute Gasteiger partial charge is 0.287 e. The Morgan fingerprint density at radius 3 is 1.08 bits per heavy atom. The number of aryl methyl sites for hydroxylation is 2. The molecular weight excluding hydrogens is 1680 g/mol. The molecule has 0 radical (unpaired) electrons. The molecule has 0 aliphatic heterocycles. The highest BCUT2D eigenvalue weighted by Crippen LogP contribution is 2.34. The maximum absolute atomic E-state index is 13.8. The molecule has 0 saturated carbocycles. The van der Waals surface area contributed by atoms with E-state index in [2.05, 4.69) is 79.7 Å². The van der Waals surface area contributed by atoms with Crippen molar-refractivity contribution in [1.82, 2.24) is 79.7 Å². The minimum absolute atomic E-state index is 0.0338. The van der Waals surface area contributed by atoms with Gasteiger partial charge in [0.1, 0.15) is 88.5 Å². The number of carbonyl (C=O) groups is 5. The molecule has 0 spiro atoms. The standard InChI is InChI=1S/C19H14ClF2N3O2.C18H14FN3O2.C17H12ClN3O2.C17H12F3N3O2S.C17H13FN4O2/c1-19(21,22)13-2-3-25-15(6-13)8-18(26)12-4-14(20)7-16(5-12)27-17-9-23-11-24-10-17;1-12-2-3-15(22-8-12)7-18(23)13-4-14(19)6-16(5-13)24-17-9-20-11-21-10-17;18-13-5-12(17(22)8-14-3-1-2-4-21-14)6-15(7-13)23-16-9-19-11-20-10-16;1-17(19,20)15-8-26-16(23-15)5-14(24)10-2-11(18)4-12(3-10)25-13-6-21-9-22-7-13;1-11-6-19-7-14(22-11)5-17(23)12-2-13(18)4-15(3-12)24-16-8-20-10-21-9-16/h2-7,9-11H,8H2,1H3;2-6,8-11H,7H2,1H3;1-7,9-11H,8H2;2-4,6-9H,5H2,1H3;2-4,6-10H,5H2,1H3. The summed E-state index contributed by atoms with van der Waals surface area (Å²) >= 11 is 13.1. The van der Waals surface area contributed by atoms with Crippen molar-refractivity contribution in [2.24, 2.45) is 0 Å².